The van der Waals surface area contributed by atoms with Crippen LogP contribution < -0.4 is 10.5 Å². The van der Waals surface area contributed by atoms with Crippen molar-refractivity contribution in [2.75, 3.05) is 7.11 Å². The van der Waals surface area contributed by atoms with Crippen LogP contribution in [-0.4, -0.2) is 39.7 Å². The van der Waals surface area contributed by atoms with E-state index >= 15 is 0 Å². The number of phenols is 2. The van der Waals surface area contributed by atoms with Gasteiger partial charge in [0.05, 0.1) is 7.11 Å². The lowest BCUT2D eigenvalue weighted by atomic mass is 9.94. The maximum Gasteiger partial charge on any atom is 0.323 e. The molecule has 3 aromatic carbocycles. The zero-order valence-corrected chi connectivity index (χ0v) is 19.8. The first-order valence-electron chi connectivity index (χ1n) is 10.7. The quantitative estimate of drug-likeness (QED) is 0.380. The molecule has 3 aromatic rings. The minimum atomic E-state index is -1.39. The molecule has 0 heterocycles. The first-order valence-corrected chi connectivity index (χ1v) is 10.7. The third kappa shape index (κ3) is 11.2. The number of carbonyl (C=O) groups is 2. The van der Waals surface area contributed by atoms with Crippen LogP contribution in [0, 0.1) is 0 Å². The summed E-state index contributed by atoms with van der Waals surface area (Å²) in [5, 5.41) is 27.0. The Morgan fingerprint density at radius 3 is 1.88 bits per heavy atom. The molecule has 7 nitrogen and oxygen atoms in total. The number of aliphatic carboxylic acids is 1. The van der Waals surface area contributed by atoms with Crippen molar-refractivity contribution in [1.29, 1.82) is 0 Å². The Hall–Kier alpha value is -3.84. The molecule has 0 aliphatic heterocycles. The number of nitrogens with two attached hydrogens (primary N) is 1. The Bertz CT molecular complexity index is 1020. The second-order valence-corrected chi connectivity index (χ2v) is 7.93. The van der Waals surface area contributed by atoms with E-state index in [0.717, 1.165) is 12.2 Å². The highest BCUT2D eigenvalue weighted by Crippen LogP contribution is 2.26. The van der Waals surface area contributed by atoms with Crippen molar-refractivity contribution in [1.82, 2.24) is 0 Å². The molecule has 182 valence electrons. The summed E-state index contributed by atoms with van der Waals surface area (Å²) in [6, 6.07) is 23.9. The summed E-state index contributed by atoms with van der Waals surface area (Å²) in [6.07, 6.45) is 1.61. The number of ether oxygens (including phenoxy) is 1. The minimum Gasteiger partial charge on any atom is -0.504 e. The molecule has 0 spiro atoms. The summed E-state index contributed by atoms with van der Waals surface area (Å²) < 4.78 is 4.91. The monoisotopic (exact) mass is 467 g/mol. The van der Waals surface area contributed by atoms with E-state index in [1.54, 1.807) is 14.0 Å². The molecule has 0 aliphatic carbocycles. The Labute approximate surface area is 200 Å². The highest BCUT2D eigenvalue weighted by Gasteiger charge is 2.28. The molecular formula is C27H33NO6. The number of aromatic hydroxyl groups is 2. The Morgan fingerprint density at radius 1 is 0.882 bits per heavy atom. The van der Waals surface area contributed by atoms with Crippen LogP contribution in [0.2, 0.25) is 0 Å². The van der Waals surface area contributed by atoms with E-state index < -0.39 is 11.5 Å². The Kier molecular flexibility index (Phi) is 11.9. The molecule has 0 aromatic heterocycles. The topological polar surface area (TPSA) is 130 Å². The lowest BCUT2D eigenvalue weighted by Gasteiger charge is -2.19. The van der Waals surface area contributed by atoms with Gasteiger partial charge < -0.3 is 30.6 Å². The summed E-state index contributed by atoms with van der Waals surface area (Å²) in [5.74, 6) is -0.474. The van der Waals surface area contributed by atoms with Crippen LogP contribution in [0.3, 0.4) is 0 Å². The summed E-state index contributed by atoms with van der Waals surface area (Å²) in [7, 11) is 1.66. The van der Waals surface area contributed by atoms with Crippen LogP contribution in [0.1, 0.15) is 31.4 Å². The van der Waals surface area contributed by atoms with Crippen LogP contribution in [0.5, 0.6) is 17.2 Å². The summed E-state index contributed by atoms with van der Waals surface area (Å²) in [4.78, 5) is 21.4. The average molecular weight is 468 g/mol. The number of carboxylic acids is 1. The van der Waals surface area contributed by atoms with Gasteiger partial charge in [-0.1, -0.05) is 54.6 Å². The minimum absolute atomic E-state index is 0.0795. The third-order valence-electron chi connectivity index (χ3n) is 4.69. The molecule has 0 saturated heterocycles. The highest BCUT2D eigenvalue weighted by atomic mass is 16.5. The predicted molar refractivity (Wildman–Crippen MR) is 132 cm³/mol. The molecule has 0 amide bonds. The predicted octanol–water partition coefficient (Wildman–Crippen LogP) is 4.35. The molecular weight excluding hydrogens is 434 g/mol. The molecule has 3 rings (SSSR count). The van der Waals surface area contributed by atoms with Gasteiger partial charge in [0.2, 0.25) is 0 Å². The number of benzene rings is 3. The Balaban J connectivity index is 0.000000268. The molecule has 1 unspecified atom stereocenters. The molecule has 5 N–H and O–H groups in total. The summed E-state index contributed by atoms with van der Waals surface area (Å²) in [5.41, 5.74) is 5.94. The van der Waals surface area contributed by atoms with Crippen molar-refractivity contribution in [2.45, 2.75) is 38.6 Å². The second kappa shape index (κ2) is 14.3. The molecule has 1 atom stereocenters. The number of carboxylic acid groups (broad SMARTS) is 1. The summed E-state index contributed by atoms with van der Waals surface area (Å²) >= 11 is 0. The lowest BCUT2D eigenvalue weighted by Crippen LogP contribution is -2.46. The van der Waals surface area contributed by atoms with E-state index in [-0.39, 0.29) is 23.7 Å². The van der Waals surface area contributed by atoms with Gasteiger partial charge in [0, 0.05) is 12.8 Å². The fourth-order valence-electron chi connectivity index (χ4n) is 2.70. The van der Waals surface area contributed by atoms with Crippen molar-refractivity contribution in [2.24, 2.45) is 5.73 Å². The Morgan fingerprint density at radius 2 is 1.44 bits per heavy atom. The van der Waals surface area contributed by atoms with Gasteiger partial charge in [-0.15, -0.1) is 0 Å². The maximum absolute atomic E-state index is 10.7. The second-order valence-electron chi connectivity index (χ2n) is 7.93. The zero-order chi connectivity index (χ0) is 25.6. The standard InChI is InChI=1S/C10H13NO4.C10H12O.C7H8O/c1-10(11,9(14)15)5-6-2-3-7(12)8(13)4-6;1-9(11)7-8-10-5-3-2-4-6-10;1-8-7-5-3-2-4-6-7/h2-4,12-13H,5,11H2,1H3,(H,14,15);2-6H,7-8H2,1H3;2-6H,1H3. The van der Waals surface area contributed by atoms with Crippen molar-refractivity contribution >= 4 is 11.8 Å². The van der Waals surface area contributed by atoms with Gasteiger partial charge in [-0.2, -0.15) is 0 Å². The van der Waals surface area contributed by atoms with Crippen LogP contribution in [0.4, 0.5) is 0 Å². The average Bonchev–Trinajstić information content (AvgIpc) is 2.82. The van der Waals surface area contributed by atoms with Crippen LogP contribution >= 0.6 is 0 Å². The number of ketones is 1. The van der Waals surface area contributed by atoms with Gasteiger partial charge >= 0.3 is 5.97 Å². The lowest BCUT2D eigenvalue weighted by molar-refractivity contribution is -0.142. The summed E-state index contributed by atoms with van der Waals surface area (Å²) in [6.45, 7) is 3.02. The maximum atomic E-state index is 10.7. The van der Waals surface area contributed by atoms with Gasteiger partial charge in [-0.05, 0) is 55.7 Å². The molecule has 0 aliphatic rings. The third-order valence-corrected chi connectivity index (χ3v) is 4.69. The number of phenolic OH excluding ortho intramolecular Hbond substituents is 2. The number of aryl methyl sites for hydroxylation is 1. The normalized spacial score (nSPS) is 11.5. The van der Waals surface area contributed by atoms with Crippen LogP contribution in [0.25, 0.3) is 0 Å². The van der Waals surface area contributed by atoms with Gasteiger partial charge in [0.1, 0.15) is 17.1 Å². The SMILES string of the molecule is CC(=O)CCc1ccccc1.CC(N)(Cc1ccc(O)c(O)c1)C(=O)O.COc1ccccc1. The van der Waals surface area contributed by atoms with Crippen molar-refractivity contribution in [3.05, 3.63) is 90.0 Å². The fourth-order valence-corrected chi connectivity index (χ4v) is 2.70. The first-order chi connectivity index (χ1) is 16.0. The molecule has 0 bridgehead atoms. The zero-order valence-electron chi connectivity index (χ0n) is 19.8. The number of hydrogen-bond acceptors (Lipinski definition) is 6. The molecule has 7 heteroatoms. The van der Waals surface area contributed by atoms with Crippen molar-refractivity contribution in [3.8, 4) is 17.2 Å². The van der Waals surface area contributed by atoms with E-state index in [1.807, 2.05) is 60.7 Å². The number of carbonyl (C=O) groups excluding carboxylic acids is 1. The molecule has 0 saturated carbocycles. The number of methoxy groups -OCH3 is 1. The number of Topliss-reactive ketones (excluding diaryl/α,β-unsaturated/α-hetero) is 1. The number of para-hydroxylation sites is 1. The number of hydrogen-bond donors (Lipinski definition) is 4. The van der Waals surface area contributed by atoms with E-state index in [0.29, 0.717) is 12.0 Å². The molecule has 0 fully saturated rings. The van der Waals surface area contributed by atoms with Gasteiger partial charge in [-0.3, -0.25) is 4.79 Å². The molecule has 0 radical (unpaired) electrons. The smallest absolute Gasteiger partial charge is 0.323 e. The van der Waals surface area contributed by atoms with Crippen molar-refractivity contribution < 1.29 is 29.6 Å². The van der Waals surface area contributed by atoms with E-state index in [4.69, 9.17) is 20.7 Å². The largest absolute Gasteiger partial charge is 0.504 e. The van der Waals surface area contributed by atoms with E-state index in [1.165, 1.54) is 30.7 Å². The highest BCUT2D eigenvalue weighted by molar-refractivity contribution is 5.78. The first kappa shape index (κ1) is 28.2. The van der Waals surface area contributed by atoms with E-state index in [2.05, 4.69) is 0 Å². The van der Waals surface area contributed by atoms with Crippen molar-refractivity contribution in [3.63, 3.8) is 0 Å². The van der Waals surface area contributed by atoms with Gasteiger partial charge in [0.15, 0.2) is 11.5 Å². The fraction of sp³-hybridized carbons (Fsp3) is 0.259. The van der Waals surface area contributed by atoms with Gasteiger partial charge in [-0.25, -0.2) is 0 Å². The van der Waals surface area contributed by atoms with Gasteiger partial charge in [0.25, 0.3) is 0 Å². The van der Waals surface area contributed by atoms with Crippen LogP contribution in [-0.2, 0) is 22.4 Å². The van der Waals surface area contributed by atoms with E-state index in [9.17, 15) is 14.7 Å². The molecule has 34 heavy (non-hydrogen) atoms. The number of rotatable bonds is 7. The van der Waals surface area contributed by atoms with Crippen LogP contribution in [0.15, 0.2) is 78.9 Å².